The maximum atomic E-state index is 14.5. The first-order valence-corrected chi connectivity index (χ1v) is 27.5. The molecule has 0 aliphatic heterocycles. The third-order valence-electron chi connectivity index (χ3n) is 15.0. The van der Waals surface area contributed by atoms with Crippen LogP contribution in [0.3, 0.4) is 0 Å². The number of nitrogens with zero attached hydrogens (tertiary/aromatic N) is 4. The van der Waals surface area contributed by atoms with Gasteiger partial charge in [0.05, 0.1) is 39.6 Å². The monoisotopic (exact) mass is 1750 g/mol. The summed E-state index contributed by atoms with van der Waals surface area (Å²) in [4.78, 5) is 6.04. The molecule has 0 aromatic heterocycles. The Labute approximate surface area is 555 Å². The van der Waals surface area contributed by atoms with E-state index in [-0.39, 0.29) is 0 Å². The molecule has 65 heteroatoms. The van der Waals surface area contributed by atoms with Gasteiger partial charge in [-0.15, -0.1) is 9.58 Å². The van der Waals surface area contributed by atoms with E-state index in [2.05, 4.69) is 33.4 Å². The summed E-state index contributed by atoms with van der Waals surface area (Å²) < 4.78 is 791. The lowest BCUT2D eigenvalue weighted by atomic mass is 9.82. The van der Waals surface area contributed by atoms with Crippen LogP contribution in [-0.4, -0.2) is 206 Å². The first kappa shape index (κ1) is 103. The van der Waals surface area contributed by atoms with Crippen LogP contribution in [-0.2, 0) is 28.5 Å². The average Bonchev–Trinajstić information content (AvgIpc) is 0.734. The molecule has 0 aromatic rings. The molecule has 0 amide bonds. The van der Waals surface area contributed by atoms with Crippen LogP contribution in [0.2, 0.25) is 0 Å². The smallest absolute Gasteiger partial charge is 0.339 e. The number of rotatable bonds is 29. The molecule has 0 spiro atoms. The molecular formula is C42H37F54N4O6P. The van der Waals surface area contributed by atoms with E-state index in [4.69, 9.17) is 0 Å². The van der Waals surface area contributed by atoms with Gasteiger partial charge in [0, 0.05) is 38.5 Å². The molecule has 107 heavy (non-hydrogen) atoms. The molecule has 0 saturated carbocycles. The summed E-state index contributed by atoms with van der Waals surface area (Å²) in [5.41, 5.74) is -47.9. The average molecular weight is 1750 g/mol. The Morgan fingerprint density at radius 2 is 0.364 bits per heavy atom. The Hall–Kier alpha value is -3.91. The van der Waals surface area contributed by atoms with Crippen LogP contribution in [0, 0.1) is 32.5 Å². The van der Waals surface area contributed by atoms with Gasteiger partial charge >= 0.3 is 117 Å². The standard InChI is InChI=1S/C42H37F54N4O6P/c1-98(2)107(99(3)4,97-106-16-10-23(39(88,89)90,40(91,92)93)41(94,95)96)100(17(101-11-5-18(24(43,44)45,25(46,47)48)26(49,50)51)102-12-6-19(27(52,53)54,28(55,56)57)29(58,59)60)42(103-13-7-20(30(61,62)63,31(64,65)66)32(67,68)69,104-14-8-21(33(70,71)72,34(73,74)75)35(76,77)78)105-15-9-22(36(79,80)81,37(82,83)84)38(85,86)87/h17H,5-16H2,1-4H3. The van der Waals surface area contributed by atoms with Crippen LogP contribution in [0.25, 0.3) is 0 Å². The predicted molar refractivity (Wildman–Crippen MR) is 232 cm³/mol. The highest BCUT2D eigenvalue weighted by Crippen LogP contribution is 2.70. The number of alkyl halides is 54. The molecule has 0 unspecified atom stereocenters. The van der Waals surface area contributed by atoms with Crippen LogP contribution in [0.15, 0.2) is 4.91 Å². The van der Waals surface area contributed by atoms with Crippen molar-refractivity contribution in [3.63, 3.8) is 0 Å². The Morgan fingerprint density at radius 1 is 0.224 bits per heavy atom. The van der Waals surface area contributed by atoms with Crippen LogP contribution < -0.4 is 0 Å². The summed E-state index contributed by atoms with van der Waals surface area (Å²) >= 11 is 0. The van der Waals surface area contributed by atoms with Crippen LogP contribution in [0.5, 0.6) is 0 Å². The molecule has 0 heterocycles. The first-order chi connectivity index (χ1) is 46.1. The molecule has 0 saturated heterocycles. The predicted octanol–water partition coefficient (Wildman–Crippen LogP) is 21.6. The molecule has 0 aliphatic rings. The van der Waals surface area contributed by atoms with E-state index >= 15 is 0 Å². The van der Waals surface area contributed by atoms with Crippen molar-refractivity contribution in [3.05, 3.63) is 0 Å². The van der Waals surface area contributed by atoms with Crippen molar-refractivity contribution in [1.82, 2.24) is 14.0 Å². The Morgan fingerprint density at radius 3 is 0.505 bits per heavy atom. The summed E-state index contributed by atoms with van der Waals surface area (Å²) in [6.07, 6.45) is -192. The summed E-state index contributed by atoms with van der Waals surface area (Å²) in [6, 6.07) is 0. The number of ether oxygens (including phenoxy) is 5. The van der Waals surface area contributed by atoms with Crippen LogP contribution in [0.4, 0.5) is 237 Å². The summed E-state index contributed by atoms with van der Waals surface area (Å²) in [6.45, 7) is -25.6. The fraction of sp³-hybridized carbons (Fsp3) is 1.00. The van der Waals surface area contributed by atoms with Gasteiger partial charge in [-0.1, -0.05) is 0 Å². The second kappa shape index (κ2) is 31.1. The van der Waals surface area contributed by atoms with Gasteiger partial charge in [-0.2, -0.15) is 237 Å². The van der Waals surface area contributed by atoms with E-state index in [1.807, 2.05) is 0 Å². The number of hydrogen-bond donors (Lipinski definition) is 0. The van der Waals surface area contributed by atoms with Crippen molar-refractivity contribution < 1.29 is 266 Å². The molecule has 0 bridgehead atoms. The minimum Gasteiger partial charge on any atom is -0.339 e. The zero-order valence-electron chi connectivity index (χ0n) is 50.7. The van der Waals surface area contributed by atoms with E-state index in [0.717, 1.165) is 0 Å². The SMILES string of the molecule is CN(C)P(=NOCCC(C(F)(F)F)(C(F)(F)F)C(F)(F)F)(N(C)C)N(C(OCCC(C(F)(F)F)(C(F)(F)F)C(F)(F)F)OCCC(C(F)(F)F)(C(F)(F)F)C(F)(F)F)C(OCCC(C(F)(F)F)(C(F)(F)F)C(F)(F)F)(OCCC(C(F)(F)F)(C(F)(F)F)C(F)(F)F)OCCC(C(F)(F)F)(C(F)(F)F)C(F)(F)F. The topological polar surface area (TPSA) is 77.5 Å². The van der Waals surface area contributed by atoms with Gasteiger partial charge in [0.1, 0.15) is 0 Å². The second-order valence-corrected chi connectivity index (χ2v) is 24.8. The van der Waals surface area contributed by atoms with Gasteiger partial charge in [0.2, 0.25) is 13.9 Å². The van der Waals surface area contributed by atoms with Crippen molar-refractivity contribution in [2.24, 2.45) is 37.4 Å². The normalized spacial score (nSPS) is 16.4. The summed E-state index contributed by atoms with van der Waals surface area (Å²) in [7, 11) is -10.3. The maximum absolute atomic E-state index is 14.5. The lowest BCUT2D eigenvalue weighted by Gasteiger charge is -2.53. The first-order valence-electron chi connectivity index (χ1n) is 25.9. The van der Waals surface area contributed by atoms with E-state index in [9.17, 15) is 237 Å². The summed E-state index contributed by atoms with van der Waals surface area (Å²) in [5.74, 6) is 0. The number of hydrogen-bond acceptors (Lipinski definition) is 7. The van der Waals surface area contributed by atoms with Crippen molar-refractivity contribution in [2.75, 3.05) is 67.8 Å². The molecular weight excluding hydrogens is 1710 g/mol. The van der Waals surface area contributed by atoms with Gasteiger partial charge in [-0.3, -0.25) is 0 Å². The molecule has 10 nitrogen and oxygen atoms in total. The lowest BCUT2D eigenvalue weighted by Crippen LogP contribution is -2.65. The molecule has 0 atom stereocenters. The lowest BCUT2D eigenvalue weighted by molar-refractivity contribution is -0.482. The highest BCUT2D eigenvalue weighted by Gasteiger charge is 2.89. The van der Waals surface area contributed by atoms with E-state index < -0.39 is 284 Å². The summed E-state index contributed by atoms with van der Waals surface area (Å²) in [5, 5.41) is 0. The Balaban J connectivity index is 11.9. The van der Waals surface area contributed by atoms with Crippen LogP contribution >= 0.6 is 7.51 Å². The molecule has 0 radical (unpaired) electrons. The van der Waals surface area contributed by atoms with Gasteiger partial charge in [-0.25, -0.2) is 14.2 Å². The van der Waals surface area contributed by atoms with Gasteiger partial charge in [-0.05, 0) is 28.2 Å². The zero-order valence-corrected chi connectivity index (χ0v) is 51.6. The second-order valence-electron chi connectivity index (χ2n) is 21.5. The molecule has 0 rings (SSSR count). The molecule has 0 fully saturated rings. The van der Waals surface area contributed by atoms with E-state index in [1.54, 1.807) is 0 Å². The molecule has 0 aliphatic carbocycles. The van der Waals surface area contributed by atoms with Crippen molar-refractivity contribution in [1.29, 1.82) is 0 Å². The van der Waals surface area contributed by atoms with Gasteiger partial charge < -0.3 is 23.7 Å². The molecule has 0 N–H and O–H groups in total. The molecule has 0 aromatic carbocycles. The Kier molecular flexibility index (Phi) is 30.0. The number of halogens is 54. The third-order valence-corrected chi connectivity index (χ3v) is 18.5. The highest BCUT2D eigenvalue weighted by atomic mass is 31.2. The van der Waals surface area contributed by atoms with Crippen LogP contribution in [0.1, 0.15) is 38.5 Å². The fourth-order valence-corrected chi connectivity index (χ4v) is 12.2. The van der Waals surface area contributed by atoms with E-state index in [0.29, 0.717) is 0 Å². The van der Waals surface area contributed by atoms with Gasteiger partial charge in [0.15, 0.2) is 0 Å². The van der Waals surface area contributed by atoms with Crippen molar-refractivity contribution >= 4 is 7.51 Å². The van der Waals surface area contributed by atoms with Crippen molar-refractivity contribution in [3.8, 4) is 0 Å². The van der Waals surface area contributed by atoms with Crippen molar-refractivity contribution in [2.45, 2.75) is 162 Å². The highest BCUT2D eigenvalue weighted by molar-refractivity contribution is 7.59. The quantitative estimate of drug-likeness (QED) is 0.0239. The fourth-order valence-electron chi connectivity index (χ4n) is 9.25. The van der Waals surface area contributed by atoms with E-state index in [1.165, 1.54) is 0 Å². The maximum Gasteiger partial charge on any atom is 0.412 e. The zero-order chi connectivity index (χ0) is 86.7. The van der Waals surface area contributed by atoms with Gasteiger partial charge in [0.25, 0.3) is 32.5 Å². The Bertz CT molecular complexity index is 2460. The third kappa shape index (κ3) is 18.8. The largest absolute Gasteiger partial charge is 0.412 e. The minimum atomic E-state index is -8.49. The molecule has 644 valence electrons. The minimum absolute atomic E-state index is 0.600.